The minimum absolute atomic E-state index is 0.0738. The predicted octanol–water partition coefficient (Wildman–Crippen LogP) is 5.66. The number of amides is 1. The van der Waals surface area contributed by atoms with E-state index in [1.807, 2.05) is 56.3 Å². The molecule has 8 heteroatoms. The number of aryl methyl sites for hydroxylation is 2. The molecule has 0 spiro atoms. The van der Waals surface area contributed by atoms with Crippen LogP contribution in [0.5, 0.6) is 0 Å². The summed E-state index contributed by atoms with van der Waals surface area (Å²) in [6.07, 6.45) is 0. The SMILES string of the molecule is Cc1ccc(-n2nc(SCC(=O)Nc3ccccc3C)sc2=S)cc1Cl. The van der Waals surface area contributed by atoms with E-state index < -0.39 is 0 Å². The smallest absolute Gasteiger partial charge is 0.234 e. The second-order valence-corrected chi connectivity index (χ2v) is 8.88. The van der Waals surface area contributed by atoms with E-state index in [4.69, 9.17) is 23.8 Å². The Balaban J connectivity index is 1.68. The number of halogens is 1. The third kappa shape index (κ3) is 4.54. The maximum absolute atomic E-state index is 12.2. The summed E-state index contributed by atoms with van der Waals surface area (Å²) in [6, 6.07) is 13.4. The zero-order valence-corrected chi connectivity index (χ0v) is 17.4. The molecule has 0 saturated heterocycles. The van der Waals surface area contributed by atoms with Crippen molar-refractivity contribution in [2.24, 2.45) is 0 Å². The van der Waals surface area contributed by atoms with Crippen LogP contribution < -0.4 is 5.32 Å². The van der Waals surface area contributed by atoms with Crippen LogP contribution in [0.1, 0.15) is 11.1 Å². The van der Waals surface area contributed by atoms with Crippen LogP contribution in [0.4, 0.5) is 5.69 Å². The van der Waals surface area contributed by atoms with Crippen molar-refractivity contribution in [1.82, 2.24) is 9.78 Å². The minimum atomic E-state index is -0.0738. The van der Waals surface area contributed by atoms with Crippen LogP contribution in [0.2, 0.25) is 5.02 Å². The number of aromatic nitrogens is 2. The lowest BCUT2D eigenvalue weighted by Gasteiger charge is -2.07. The summed E-state index contributed by atoms with van der Waals surface area (Å²) in [7, 11) is 0. The summed E-state index contributed by atoms with van der Waals surface area (Å²) >= 11 is 14.3. The molecule has 0 atom stereocenters. The van der Waals surface area contributed by atoms with Gasteiger partial charge in [-0.2, -0.15) is 0 Å². The van der Waals surface area contributed by atoms with Gasteiger partial charge in [0, 0.05) is 10.7 Å². The monoisotopic (exact) mass is 421 g/mol. The number of nitrogens with one attached hydrogen (secondary N) is 1. The average Bonchev–Trinajstić information content (AvgIpc) is 2.98. The van der Waals surface area contributed by atoms with Crippen molar-refractivity contribution in [2.75, 3.05) is 11.1 Å². The number of rotatable bonds is 5. The molecule has 0 aliphatic rings. The van der Waals surface area contributed by atoms with Crippen molar-refractivity contribution in [3.8, 4) is 5.69 Å². The van der Waals surface area contributed by atoms with Crippen LogP contribution in [0, 0.1) is 17.8 Å². The summed E-state index contributed by atoms with van der Waals surface area (Å²) in [5, 5.41) is 8.09. The maximum atomic E-state index is 12.2. The van der Waals surface area contributed by atoms with Crippen LogP contribution in [0.25, 0.3) is 5.69 Å². The Morgan fingerprint density at radius 2 is 2.04 bits per heavy atom. The normalized spacial score (nSPS) is 10.7. The highest BCUT2D eigenvalue weighted by atomic mass is 35.5. The molecule has 26 heavy (non-hydrogen) atoms. The number of carbonyl (C=O) groups is 1. The van der Waals surface area contributed by atoms with E-state index in [9.17, 15) is 4.79 Å². The number of hydrogen-bond donors (Lipinski definition) is 1. The number of benzene rings is 2. The molecular formula is C18H16ClN3OS3. The lowest BCUT2D eigenvalue weighted by atomic mass is 10.2. The largest absolute Gasteiger partial charge is 0.325 e. The third-order valence-corrected chi connectivity index (χ3v) is 6.45. The minimum Gasteiger partial charge on any atom is -0.325 e. The molecule has 1 amide bonds. The number of carbonyl (C=O) groups excluding carboxylic acids is 1. The Morgan fingerprint density at radius 3 is 2.77 bits per heavy atom. The molecular weight excluding hydrogens is 406 g/mol. The molecule has 0 aliphatic heterocycles. The van der Waals surface area contributed by atoms with Crippen LogP contribution in [0.3, 0.4) is 0 Å². The van der Waals surface area contributed by atoms with Gasteiger partial charge in [0.15, 0.2) is 8.29 Å². The third-order valence-electron chi connectivity index (χ3n) is 3.68. The fourth-order valence-corrected chi connectivity index (χ4v) is 4.56. The van der Waals surface area contributed by atoms with Crippen LogP contribution in [-0.4, -0.2) is 21.4 Å². The standard InChI is InChI=1S/C18H16ClN3OS3/c1-11-7-8-13(9-14(11)19)22-18(24)26-17(21-22)25-10-16(23)20-15-6-4-3-5-12(15)2/h3-9H,10H2,1-2H3,(H,20,23). The topological polar surface area (TPSA) is 46.9 Å². The van der Waals surface area contributed by atoms with Crippen LogP contribution >= 0.6 is 46.9 Å². The molecule has 2 aromatic carbocycles. The first kappa shape index (κ1) is 19.1. The van der Waals surface area contributed by atoms with Crippen molar-refractivity contribution < 1.29 is 4.79 Å². The first-order valence-electron chi connectivity index (χ1n) is 7.79. The van der Waals surface area contributed by atoms with E-state index in [0.29, 0.717) is 8.98 Å². The van der Waals surface area contributed by atoms with Gasteiger partial charge in [0.05, 0.1) is 11.4 Å². The second kappa shape index (κ2) is 8.35. The van der Waals surface area contributed by atoms with Crippen molar-refractivity contribution in [3.05, 3.63) is 62.6 Å². The van der Waals surface area contributed by atoms with E-state index >= 15 is 0 Å². The molecule has 1 heterocycles. The number of hydrogen-bond acceptors (Lipinski definition) is 5. The highest BCUT2D eigenvalue weighted by Gasteiger charge is 2.11. The molecule has 1 aromatic heterocycles. The van der Waals surface area contributed by atoms with E-state index in [1.165, 1.54) is 23.1 Å². The van der Waals surface area contributed by atoms with Crippen molar-refractivity contribution in [3.63, 3.8) is 0 Å². The molecule has 0 radical (unpaired) electrons. The molecule has 0 saturated carbocycles. The fourth-order valence-electron chi connectivity index (χ4n) is 2.22. The summed E-state index contributed by atoms with van der Waals surface area (Å²) < 4.78 is 3.03. The highest BCUT2D eigenvalue weighted by Crippen LogP contribution is 2.26. The first-order valence-corrected chi connectivity index (χ1v) is 10.4. The number of para-hydroxylation sites is 1. The van der Waals surface area contributed by atoms with E-state index in [0.717, 1.165) is 26.8 Å². The molecule has 0 fully saturated rings. The van der Waals surface area contributed by atoms with Crippen molar-refractivity contribution in [2.45, 2.75) is 18.2 Å². The zero-order chi connectivity index (χ0) is 18.7. The summed E-state index contributed by atoms with van der Waals surface area (Å²) in [5.74, 6) is 0.195. The molecule has 1 N–H and O–H groups in total. The number of anilines is 1. The lowest BCUT2D eigenvalue weighted by Crippen LogP contribution is -2.14. The fraction of sp³-hybridized carbons (Fsp3) is 0.167. The van der Waals surface area contributed by atoms with Gasteiger partial charge >= 0.3 is 0 Å². The average molecular weight is 422 g/mol. The van der Waals surface area contributed by atoms with Gasteiger partial charge in [0.25, 0.3) is 0 Å². The first-order chi connectivity index (χ1) is 12.4. The van der Waals surface area contributed by atoms with Gasteiger partial charge in [0.1, 0.15) is 0 Å². The summed E-state index contributed by atoms with van der Waals surface area (Å²) in [4.78, 5) is 12.2. The summed E-state index contributed by atoms with van der Waals surface area (Å²) in [6.45, 7) is 3.91. The Kier molecular flexibility index (Phi) is 6.13. The molecule has 0 bridgehead atoms. The Morgan fingerprint density at radius 1 is 1.27 bits per heavy atom. The molecule has 134 valence electrons. The molecule has 0 unspecified atom stereocenters. The van der Waals surface area contributed by atoms with Crippen LogP contribution in [0.15, 0.2) is 46.8 Å². The molecule has 3 aromatic rings. The highest BCUT2D eigenvalue weighted by molar-refractivity contribution is 8.01. The summed E-state index contributed by atoms with van der Waals surface area (Å²) in [5.41, 5.74) is 3.67. The molecule has 0 aliphatic carbocycles. The van der Waals surface area contributed by atoms with Gasteiger partial charge in [-0.1, -0.05) is 59.0 Å². The van der Waals surface area contributed by atoms with Crippen molar-refractivity contribution in [1.29, 1.82) is 0 Å². The van der Waals surface area contributed by atoms with E-state index in [1.54, 1.807) is 4.68 Å². The van der Waals surface area contributed by atoms with Gasteiger partial charge in [-0.05, 0) is 55.4 Å². The Bertz CT molecular complexity index is 1010. The predicted molar refractivity (Wildman–Crippen MR) is 113 cm³/mol. The van der Waals surface area contributed by atoms with Gasteiger partial charge < -0.3 is 5.32 Å². The molecule has 4 nitrogen and oxygen atoms in total. The van der Waals surface area contributed by atoms with Gasteiger partial charge in [-0.25, -0.2) is 4.68 Å². The second-order valence-electron chi connectivity index (χ2n) is 5.63. The van der Waals surface area contributed by atoms with E-state index in [-0.39, 0.29) is 11.7 Å². The Hall–Kier alpha value is -1.67. The molecule has 3 rings (SSSR count). The zero-order valence-electron chi connectivity index (χ0n) is 14.2. The van der Waals surface area contributed by atoms with Crippen LogP contribution in [-0.2, 0) is 4.79 Å². The number of thioether (sulfide) groups is 1. The van der Waals surface area contributed by atoms with E-state index in [2.05, 4.69) is 10.4 Å². The van der Waals surface area contributed by atoms with Gasteiger partial charge in [0.2, 0.25) is 5.91 Å². The lowest BCUT2D eigenvalue weighted by molar-refractivity contribution is -0.113. The van der Waals surface area contributed by atoms with Gasteiger partial charge in [-0.15, -0.1) is 5.10 Å². The number of nitrogens with zero attached hydrogens (tertiary/aromatic N) is 2. The Labute approximate surface area is 170 Å². The quantitative estimate of drug-likeness (QED) is 0.426. The van der Waals surface area contributed by atoms with Crippen molar-refractivity contribution >= 4 is 58.5 Å². The van der Waals surface area contributed by atoms with Gasteiger partial charge in [-0.3, -0.25) is 4.79 Å². The maximum Gasteiger partial charge on any atom is 0.234 e.